The van der Waals surface area contributed by atoms with Crippen molar-refractivity contribution in [3.8, 4) is 12.3 Å². The number of hydrogen-bond acceptors (Lipinski definition) is 2. The van der Waals surface area contributed by atoms with Gasteiger partial charge >= 0.3 is 5.97 Å². The Hall–Kier alpha value is -0.720. The Morgan fingerprint density at radius 2 is 2.42 bits per heavy atom. The minimum absolute atomic E-state index is 0. The number of halogens is 1. The molecule has 1 aliphatic rings. The number of carbonyl (C=O) groups is 1. The molecule has 0 aromatic carbocycles. The SMILES string of the molecule is C#CCN1CCC[C@H]1C(=O)O.Cl. The average Bonchev–Trinajstić information content (AvgIpc) is 2.36. The summed E-state index contributed by atoms with van der Waals surface area (Å²) in [5, 5.41) is 8.70. The highest BCUT2D eigenvalue weighted by Gasteiger charge is 2.29. The van der Waals surface area contributed by atoms with Gasteiger partial charge in [0.2, 0.25) is 0 Å². The monoisotopic (exact) mass is 189 g/mol. The van der Waals surface area contributed by atoms with Crippen molar-refractivity contribution in [3.63, 3.8) is 0 Å². The molecular weight excluding hydrogens is 178 g/mol. The normalized spacial score (nSPS) is 22.8. The predicted octanol–water partition coefficient (Wildman–Crippen LogP) is 0.590. The van der Waals surface area contributed by atoms with Crippen molar-refractivity contribution in [2.45, 2.75) is 18.9 Å². The summed E-state index contributed by atoms with van der Waals surface area (Å²) in [5.41, 5.74) is 0. The first-order valence-corrected chi connectivity index (χ1v) is 3.66. The highest BCUT2D eigenvalue weighted by molar-refractivity contribution is 5.85. The van der Waals surface area contributed by atoms with Crippen LogP contribution >= 0.6 is 12.4 Å². The summed E-state index contributed by atoms with van der Waals surface area (Å²) in [6, 6.07) is -0.342. The van der Waals surface area contributed by atoms with E-state index in [0.29, 0.717) is 6.54 Å². The summed E-state index contributed by atoms with van der Waals surface area (Å²) in [6.07, 6.45) is 6.76. The minimum atomic E-state index is -0.752. The largest absolute Gasteiger partial charge is 0.480 e. The van der Waals surface area contributed by atoms with Crippen LogP contribution in [0.1, 0.15) is 12.8 Å². The third kappa shape index (κ3) is 2.40. The summed E-state index contributed by atoms with van der Waals surface area (Å²) in [7, 11) is 0. The van der Waals surface area contributed by atoms with E-state index in [4.69, 9.17) is 11.5 Å². The Morgan fingerprint density at radius 3 is 2.92 bits per heavy atom. The first-order chi connectivity index (χ1) is 5.25. The second kappa shape index (κ2) is 5.02. The van der Waals surface area contributed by atoms with Gasteiger partial charge in [-0.15, -0.1) is 18.8 Å². The number of hydrogen-bond donors (Lipinski definition) is 1. The van der Waals surface area contributed by atoms with Crippen LogP contribution in [0.25, 0.3) is 0 Å². The van der Waals surface area contributed by atoms with Crippen LogP contribution in [0.15, 0.2) is 0 Å². The summed E-state index contributed by atoms with van der Waals surface area (Å²) in [6.45, 7) is 1.28. The molecule has 3 nitrogen and oxygen atoms in total. The molecule has 4 heteroatoms. The van der Waals surface area contributed by atoms with Crippen LogP contribution < -0.4 is 0 Å². The van der Waals surface area contributed by atoms with Gasteiger partial charge in [0, 0.05) is 6.54 Å². The zero-order valence-corrected chi connectivity index (χ0v) is 7.51. The van der Waals surface area contributed by atoms with Crippen LogP contribution in [0.5, 0.6) is 0 Å². The van der Waals surface area contributed by atoms with Gasteiger partial charge in [-0.1, -0.05) is 5.92 Å². The molecule has 1 rings (SSSR count). The number of nitrogens with zero attached hydrogens (tertiary/aromatic N) is 1. The summed E-state index contributed by atoms with van der Waals surface area (Å²) in [5.74, 6) is 1.71. The number of likely N-dealkylation sites (tertiary alicyclic amines) is 1. The molecular formula is C8H12ClNO2. The highest BCUT2D eigenvalue weighted by atomic mass is 35.5. The lowest BCUT2D eigenvalue weighted by atomic mass is 10.2. The molecule has 0 saturated carbocycles. The van der Waals surface area contributed by atoms with Crippen LogP contribution in [0, 0.1) is 12.3 Å². The first kappa shape index (κ1) is 11.3. The molecule has 0 radical (unpaired) electrons. The summed E-state index contributed by atoms with van der Waals surface area (Å²) >= 11 is 0. The van der Waals surface area contributed by atoms with Gasteiger partial charge in [-0.3, -0.25) is 9.69 Å². The van der Waals surface area contributed by atoms with Crippen molar-refractivity contribution >= 4 is 18.4 Å². The van der Waals surface area contributed by atoms with Gasteiger partial charge in [-0.2, -0.15) is 0 Å². The molecule has 1 heterocycles. The Kier molecular flexibility index (Phi) is 4.72. The Bertz CT molecular complexity index is 200. The molecule has 0 spiro atoms. The number of carboxylic acids is 1. The van der Waals surface area contributed by atoms with Crippen molar-refractivity contribution < 1.29 is 9.90 Å². The van der Waals surface area contributed by atoms with Crippen molar-refractivity contribution in [3.05, 3.63) is 0 Å². The zero-order valence-electron chi connectivity index (χ0n) is 6.69. The molecule has 0 bridgehead atoms. The quantitative estimate of drug-likeness (QED) is 0.647. The second-order valence-electron chi connectivity index (χ2n) is 2.67. The van der Waals surface area contributed by atoms with Crippen molar-refractivity contribution in [2.24, 2.45) is 0 Å². The van der Waals surface area contributed by atoms with Crippen molar-refractivity contribution in [2.75, 3.05) is 13.1 Å². The van der Waals surface area contributed by atoms with Crippen LogP contribution in [0.3, 0.4) is 0 Å². The van der Waals surface area contributed by atoms with E-state index in [2.05, 4.69) is 5.92 Å². The van der Waals surface area contributed by atoms with E-state index < -0.39 is 5.97 Å². The molecule has 0 aromatic rings. The van der Waals surface area contributed by atoms with Gasteiger partial charge in [-0.25, -0.2) is 0 Å². The van der Waals surface area contributed by atoms with Crippen molar-refractivity contribution in [1.82, 2.24) is 4.90 Å². The maximum Gasteiger partial charge on any atom is 0.320 e. The topological polar surface area (TPSA) is 40.5 Å². The molecule has 1 N–H and O–H groups in total. The van der Waals surface area contributed by atoms with E-state index in [1.807, 2.05) is 4.90 Å². The van der Waals surface area contributed by atoms with E-state index in [-0.39, 0.29) is 18.4 Å². The number of terminal acetylenes is 1. The lowest BCUT2D eigenvalue weighted by Crippen LogP contribution is -2.35. The molecule has 1 fully saturated rings. The van der Waals surface area contributed by atoms with Gasteiger partial charge in [-0.05, 0) is 12.8 Å². The Labute approximate surface area is 78.2 Å². The van der Waals surface area contributed by atoms with Crippen LogP contribution in [-0.2, 0) is 4.79 Å². The van der Waals surface area contributed by atoms with E-state index in [9.17, 15) is 4.79 Å². The Balaban J connectivity index is 0.00000121. The highest BCUT2D eigenvalue weighted by Crippen LogP contribution is 2.15. The molecule has 1 saturated heterocycles. The fourth-order valence-corrected chi connectivity index (χ4v) is 1.41. The van der Waals surface area contributed by atoms with Gasteiger partial charge in [0.25, 0.3) is 0 Å². The fourth-order valence-electron chi connectivity index (χ4n) is 1.41. The van der Waals surface area contributed by atoms with E-state index in [1.54, 1.807) is 0 Å². The van der Waals surface area contributed by atoms with E-state index in [0.717, 1.165) is 19.4 Å². The molecule has 0 unspecified atom stereocenters. The maximum atomic E-state index is 10.6. The van der Waals surface area contributed by atoms with E-state index >= 15 is 0 Å². The van der Waals surface area contributed by atoms with Crippen LogP contribution in [0.4, 0.5) is 0 Å². The maximum absolute atomic E-state index is 10.6. The molecule has 0 aromatic heterocycles. The molecule has 0 aliphatic carbocycles. The molecule has 12 heavy (non-hydrogen) atoms. The molecule has 0 amide bonds. The summed E-state index contributed by atoms with van der Waals surface area (Å²) < 4.78 is 0. The molecule has 1 aliphatic heterocycles. The number of aliphatic carboxylic acids is 1. The minimum Gasteiger partial charge on any atom is -0.480 e. The Morgan fingerprint density at radius 1 is 1.75 bits per heavy atom. The third-order valence-electron chi connectivity index (χ3n) is 1.94. The number of rotatable bonds is 2. The lowest BCUT2D eigenvalue weighted by molar-refractivity contribution is -0.141. The first-order valence-electron chi connectivity index (χ1n) is 3.66. The van der Waals surface area contributed by atoms with Crippen LogP contribution in [0.2, 0.25) is 0 Å². The van der Waals surface area contributed by atoms with Gasteiger partial charge in [0.15, 0.2) is 0 Å². The van der Waals surface area contributed by atoms with Crippen LogP contribution in [-0.4, -0.2) is 35.1 Å². The van der Waals surface area contributed by atoms with Gasteiger partial charge < -0.3 is 5.11 Å². The summed E-state index contributed by atoms with van der Waals surface area (Å²) in [4.78, 5) is 12.4. The smallest absolute Gasteiger partial charge is 0.320 e. The second-order valence-corrected chi connectivity index (χ2v) is 2.67. The van der Waals surface area contributed by atoms with E-state index in [1.165, 1.54) is 0 Å². The van der Waals surface area contributed by atoms with Gasteiger partial charge in [0.1, 0.15) is 6.04 Å². The number of carboxylic acid groups (broad SMARTS) is 1. The third-order valence-corrected chi connectivity index (χ3v) is 1.94. The molecule has 1 atom stereocenters. The lowest BCUT2D eigenvalue weighted by Gasteiger charge is -2.17. The van der Waals surface area contributed by atoms with Gasteiger partial charge in [0.05, 0.1) is 6.54 Å². The van der Waals surface area contributed by atoms with Crippen molar-refractivity contribution in [1.29, 1.82) is 0 Å². The standard InChI is InChI=1S/C8H11NO2.ClH/c1-2-5-9-6-3-4-7(9)8(10)11;/h1,7H,3-6H2,(H,10,11);1H/t7-;/m0./s1. The average molecular weight is 190 g/mol. The predicted molar refractivity (Wildman–Crippen MR) is 48.3 cm³/mol. The fraction of sp³-hybridized carbons (Fsp3) is 0.625. The molecule has 68 valence electrons. The zero-order chi connectivity index (χ0) is 8.27.